The zero-order chi connectivity index (χ0) is 20.6. The highest BCUT2D eigenvalue weighted by atomic mass is 35.5. The summed E-state index contributed by atoms with van der Waals surface area (Å²) in [5.41, 5.74) is 0.676. The monoisotopic (exact) mass is 411 g/mol. The Labute approximate surface area is 174 Å². The number of hydrogen-bond donors (Lipinski definition) is 2. The van der Waals surface area contributed by atoms with Gasteiger partial charge in [0, 0.05) is 56.8 Å². The topological polar surface area (TPSA) is 42.9 Å². The molecule has 2 N–H and O–H groups in total. The third-order valence-corrected chi connectivity index (χ3v) is 5.68. The predicted molar refractivity (Wildman–Crippen MR) is 117 cm³/mol. The normalized spacial score (nSPS) is 17.0. The molecule has 0 unspecified atom stereocenters. The summed E-state index contributed by atoms with van der Waals surface area (Å²) in [4.78, 5) is 9.23. The van der Waals surface area contributed by atoms with Gasteiger partial charge in [0.05, 0.1) is 0 Å². The van der Waals surface area contributed by atoms with E-state index in [1.165, 1.54) is 44.7 Å². The number of piperazine rings is 1. The van der Waals surface area contributed by atoms with Crippen LogP contribution in [-0.4, -0.2) is 75.7 Å². The van der Waals surface area contributed by atoms with Crippen molar-refractivity contribution in [1.82, 2.24) is 20.4 Å². The Morgan fingerprint density at radius 1 is 1.18 bits per heavy atom. The van der Waals surface area contributed by atoms with Gasteiger partial charge in [0.1, 0.15) is 5.82 Å². The molecule has 1 saturated heterocycles. The molecule has 0 spiro atoms. The number of aliphatic imine (C=N–C) groups is 1. The molecule has 1 aromatic rings. The van der Waals surface area contributed by atoms with Crippen LogP contribution in [-0.2, 0) is 5.41 Å². The van der Waals surface area contributed by atoms with Crippen molar-refractivity contribution < 1.29 is 4.39 Å². The molecule has 1 aliphatic rings. The Kier molecular flexibility index (Phi) is 8.99. The van der Waals surface area contributed by atoms with E-state index in [9.17, 15) is 4.39 Å². The number of guanidine groups is 1. The van der Waals surface area contributed by atoms with Gasteiger partial charge < -0.3 is 20.4 Å². The van der Waals surface area contributed by atoms with Gasteiger partial charge in [0.2, 0.25) is 0 Å². The van der Waals surface area contributed by atoms with E-state index in [4.69, 9.17) is 11.6 Å². The molecule has 28 heavy (non-hydrogen) atoms. The first kappa shape index (κ1) is 22.9. The maximum absolute atomic E-state index is 13.3. The molecule has 7 heteroatoms. The SMILES string of the molecule is CN=C(NCCCCN1CCN(C)CC1)NCC(C)(C)c1ccc(F)cc1Cl. The van der Waals surface area contributed by atoms with Gasteiger partial charge in [-0.05, 0) is 44.1 Å². The van der Waals surface area contributed by atoms with Crippen molar-refractivity contribution in [3.8, 4) is 0 Å². The maximum Gasteiger partial charge on any atom is 0.191 e. The number of halogens is 2. The Morgan fingerprint density at radius 2 is 1.89 bits per heavy atom. The smallest absolute Gasteiger partial charge is 0.191 e. The minimum Gasteiger partial charge on any atom is -0.356 e. The number of rotatable bonds is 8. The second kappa shape index (κ2) is 11.0. The maximum atomic E-state index is 13.3. The standard InChI is InChI=1S/C21H35ClFN5/c1-21(2,18-8-7-17(23)15-19(18)22)16-26-20(24-3)25-9-5-6-10-28-13-11-27(4)12-14-28/h7-8,15H,5-6,9-14,16H2,1-4H3,(H2,24,25,26). The minimum atomic E-state index is -0.313. The quantitative estimate of drug-likeness (QED) is 0.392. The van der Waals surface area contributed by atoms with Gasteiger partial charge in [0.25, 0.3) is 0 Å². The molecule has 0 atom stereocenters. The second-order valence-electron chi connectivity index (χ2n) is 8.21. The summed E-state index contributed by atoms with van der Waals surface area (Å²) in [6.45, 7) is 11.6. The highest BCUT2D eigenvalue weighted by molar-refractivity contribution is 6.31. The Bertz CT molecular complexity index is 642. The lowest BCUT2D eigenvalue weighted by Gasteiger charge is -2.32. The van der Waals surface area contributed by atoms with E-state index in [0.717, 1.165) is 31.0 Å². The van der Waals surface area contributed by atoms with Crippen LogP contribution in [0.2, 0.25) is 5.02 Å². The Balaban J connectivity index is 1.69. The van der Waals surface area contributed by atoms with Crippen LogP contribution in [0.5, 0.6) is 0 Å². The fourth-order valence-electron chi connectivity index (χ4n) is 3.40. The lowest BCUT2D eigenvalue weighted by molar-refractivity contribution is 0.152. The molecule has 1 heterocycles. The van der Waals surface area contributed by atoms with E-state index in [1.807, 2.05) is 0 Å². The molecule has 1 fully saturated rings. The molecule has 0 bridgehead atoms. The van der Waals surface area contributed by atoms with Crippen LogP contribution in [0.25, 0.3) is 0 Å². The van der Waals surface area contributed by atoms with E-state index in [-0.39, 0.29) is 11.2 Å². The molecule has 0 amide bonds. The van der Waals surface area contributed by atoms with Gasteiger partial charge in [-0.25, -0.2) is 4.39 Å². The van der Waals surface area contributed by atoms with Crippen molar-refractivity contribution in [3.05, 3.63) is 34.6 Å². The summed E-state index contributed by atoms with van der Waals surface area (Å²) >= 11 is 6.23. The first-order valence-electron chi connectivity index (χ1n) is 10.1. The van der Waals surface area contributed by atoms with Gasteiger partial charge in [-0.2, -0.15) is 0 Å². The highest BCUT2D eigenvalue weighted by Gasteiger charge is 2.24. The third kappa shape index (κ3) is 7.22. The number of nitrogens with one attached hydrogen (secondary N) is 2. The van der Waals surface area contributed by atoms with Crippen molar-refractivity contribution >= 4 is 17.6 Å². The van der Waals surface area contributed by atoms with Gasteiger partial charge in [-0.3, -0.25) is 4.99 Å². The van der Waals surface area contributed by atoms with Crippen LogP contribution in [0.4, 0.5) is 4.39 Å². The largest absolute Gasteiger partial charge is 0.356 e. The lowest BCUT2D eigenvalue weighted by Crippen LogP contribution is -2.45. The lowest BCUT2D eigenvalue weighted by atomic mass is 9.84. The number of likely N-dealkylation sites (N-methyl/N-ethyl adjacent to an activating group) is 1. The molecule has 1 aromatic carbocycles. The summed E-state index contributed by atoms with van der Waals surface area (Å²) in [5.74, 6) is 0.470. The first-order chi connectivity index (χ1) is 13.3. The zero-order valence-electron chi connectivity index (χ0n) is 17.7. The molecule has 0 saturated carbocycles. The molecule has 0 aliphatic carbocycles. The number of benzene rings is 1. The van der Waals surface area contributed by atoms with Crippen molar-refractivity contribution in [2.24, 2.45) is 4.99 Å². The molecule has 2 rings (SSSR count). The number of nitrogens with zero attached hydrogens (tertiary/aromatic N) is 3. The Morgan fingerprint density at radius 3 is 2.54 bits per heavy atom. The number of unbranched alkanes of at least 4 members (excludes halogenated alkanes) is 1. The fraction of sp³-hybridized carbons (Fsp3) is 0.667. The van der Waals surface area contributed by atoms with Crippen LogP contribution in [0.3, 0.4) is 0 Å². The molecule has 158 valence electrons. The minimum absolute atomic E-state index is 0.246. The summed E-state index contributed by atoms with van der Waals surface area (Å²) in [6.07, 6.45) is 2.30. The third-order valence-electron chi connectivity index (χ3n) is 5.37. The van der Waals surface area contributed by atoms with Crippen LogP contribution < -0.4 is 10.6 Å². The average molecular weight is 412 g/mol. The predicted octanol–water partition coefficient (Wildman–Crippen LogP) is 2.95. The first-order valence-corrected chi connectivity index (χ1v) is 10.5. The molecule has 0 aromatic heterocycles. The fourth-order valence-corrected chi connectivity index (χ4v) is 3.82. The average Bonchev–Trinajstić information content (AvgIpc) is 2.65. The molecular weight excluding hydrogens is 377 g/mol. The van der Waals surface area contributed by atoms with Crippen molar-refractivity contribution in [1.29, 1.82) is 0 Å². The van der Waals surface area contributed by atoms with Gasteiger partial charge in [-0.1, -0.05) is 31.5 Å². The number of hydrogen-bond acceptors (Lipinski definition) is 3. The summed E-state index contributed by atoms with van der Waals surface area (Å²) < 4.78 is 13.3. The van der Waals surface area contributed by atoms with E-state index in [2.05, 4.69) is 46.3 Å². The summed E-state index contributed by atoms with van der Waals surface area (Å²) in [5, 5.41) is 7.20. The molecule has 5 nitrogen and oxygen atoms in total. The van der Waals surface area contributed by atoms with Crippen LogP contribution >= 0.6 is 11.6 Å². The van der Waals surface area contributed by atoms with Crippen molar-refractivity contribution in [3.63, 3.8) is 0 Å². The van der Waals surface area contributed by atoms with Gasteiger partial charge in [0.15, 0.2) is 5.96 Å². The molecular formula is C21H35ClFN5. The summed E-state index contributed by atoms with van der Waals surface area (Å²) in [6, 6.07) is 4.58. The van der Waals surface area contributed by atoms with E-state index >= 15 is 0 Å². The van der Waals surface area contributed by atoms with Crippen molar-refractivity contribution in [2.45, 2.75) is 32.1 Å². The zero-order valence-corrected chi connectivity index (χ0v) is 18.4. The van der Waals surface area contributed by atoms with E-state index in [0.29, 0.717) is 11.6 Å². The Hall–Kier alpha value is -1.37. The molecule has 1 aliphatic heterocycles. The molecule has 0 radical (unpaired) electrons. The van der Waals surface area contributed by atoms with Gasteiger partial charge in [-0.15, -0.1) is 0 Å². The van der Waals surface area contributed by atoms with Crippen molar-refractivity contribution in [2.75, 3.05) is 59.9 Å². The van der Waals surface area contributed by atoms with E-state index in [1.54, 1.807) is 13.1 Å². The highest BCUT2D eigenvalue weighted by Crippen LogP contribution is 2.29. The van der Waals surface area contributed by atoms with Crippen LogP contribution in [0, 0.1) is 5.82 Å². The summed E-state index contributed by atoms with van der Waals surface area (Å²) in [7, 11) is 3.96. The van der Waals surface area contributed by atoms with Crippen LogP contribution in [0.1, 0.15) is 32.3 Å². The second-order valence-corrected chi connectivity index (χ2v) is 8.62. The van der Waals surface area contributed by atoms with E-state index < -0.39 is 0 Å². The van der Waals surface area contributed by atoms with Gasteiger partial charge >= 0.3 is 0 Å². The van der Waals surface area contributed by atoms with Crippen LogP contribution in [0.15, 0.2) is 23.2 Å².